The highest BCUT2D eigenvalue weighted by Gasteiger charge is 2.50. The third-order valence-electron chi connectivity index (χ3n) is 8.56. The summed E-state index contributed by atoms with van der Waals surface area (Å²) >= 11 is 1.50. The molecule has 4 atom stereocenters. The smallest absolute Gasteiger partial charge is 0.258 e. The second-order valence-corrected chi connectivity index (χ2v) is 13.8. The van der Waals surface area contributed by atoms with Crippen LogP contribution >= 0.6 is 11.8 Å². The van der Waals surface area contributed by atoms with Crippen LogP contribution in [-0.4, -0.2) is 63.1 Å². The number of para-hydroxylation sites is 1. The second-order valence-electron chi connectivity index (χ2n) is 12.2. The molecule has 8 nitrogen and oxygen atoms in total. The Bertz CT molecular complexity index is 1490. The minimum absolute atomic E-state index is 0.121. The van der Waals surface area contributed by atoms with Crippen molar-refractivity contribution >= 4 is 29.5 Å². The molecule has 44 heavy (non-hydrogen) atoms. The Labute approximate surface area is 263 Å². The van der Waals surface area contributed by atoms with E-state index < -0.39 is 34.7 Å². The molecular formula is C35H41N3O5S. The van der Waals surface area contributed by atoms with Gasteiger partial charge in [0, 0.05) is 4.75 Å². The number of carbonyl (C=O) groups excluding carboxylic acids is 3. The first-order chi connectivity index (χ1) is 21.0. The van der Waals surface area contributed by atoms with E-state index in [0.29, 0.717) is 5.75 Å². The molecule has 0 bridgehead atoms. The number of hydrogen-bond acceptors (Lipinski definition) is 6. The summed E-state index contributed by atoms with van der Waals surface area (Å²) in [5, 5.41) is 17.5. The first-order valence-corrected chi connectivity index (χ1v) is 16.1. The Morgan fingerprint density at radius 1 is 1.00 bits per heavy atom. The van der Waals surface area contributed by atoms with Gasteiger partial charge in [0.15, 0.2) is 12.7 Å². The molecule has 9 heteroatoms. The lowest BCUT2D eigenvalue weighted by molar-refractivity contribution is -0.148. The number of thioether (sulfide) groups is 1. The van der Waals surface area contributed by atoms with Gasteiger partial charge in [0.25, 0.3) is 11.8 Å². The number of aliphatic hydroxyl groups excluding tert-OH is 1. The van der Waals surface area contributed by atoms with Crippen LogP contribution in [0.5, 0.6) is 5.75 Å². The van der Waals surface area contributed by atoms with Crippen LogP contribution < -0.4 is 15.4 Å². The fourth-order valence-corrected chi connectivity index (χ4v) is 7.38. The van der Waals surface area contributed by atoms with E-state index in [1.165, 1.54) is 22.2 Å². The summed E-state index contributed by atoms with van der Waals surface area (Å²) in [6.07, 6.45) is 0.343. The van der Waals surface area contributed by atoms with Crippen LogP contribution in [0.25, 0.3) is 0 Å². The van der Waals surface area contributed by atoms with Gasteiger partial charge < -0.3 is 25.4 Å². The van der Waals surface area contributed by atoms with Gasteiger partial charge in [-0.25, -0.2) is 0 Å². The Kier molecular flexibility index (Phi) is 9.65. The molecule has 1 aliphatic carbocycles. The number of fused-ring (bicyclic) bond motifs is 1. The number of amides is 3. The highest BCUT2D eigenvalue weighted by atomic mass is 32.2. The van der Waals surface area contributed by atoms with Gasteiger partial charge in [-0.05, 0) is 74.8 Å². The molecule has 0 saturated carbocycles. The van der Waals surface area contributed by atoms with Crippen LogP contribution in [-0.2, 0) is 27.2 Å². The molecule has 1 saturated heterocycles. The van der Waals surface area contributed by atoms with Crippen LogP contribution in [0.15, 0.2) is 72.8 Å². The fraction of sp³-hybridized carbons (Fsp3) is 0.400. The average molecular weight is 616 g/mol. The van der Waals surface area contributed by atoms with E-state index in [9.17, 15) is 19.5 Å². The first-order valence-electron chi connectivity index (χ1n) is 15.1. The minimum Gasteiger partial charge on any atom is -0.483 e. The van der Waals surface area contributed by atoms with Crippen molar-refractivity contribution in [1.29, 1.82) is 0 Å². The van der Waals surface area contributed by atoms with E-state index in [1.807, 2.05) is 94.4 Å². The van der Waals surface area contributed by atoms with E-state index in [4.69, 9.17) is 4.74 Å². The predicted molar refractivity (Wildman–Crippen MR) is 172 cm³/mol. The highest BCUT2D eigenvalue weighted by molar-refractivity contribution is 8.00. The van der Waals surface area contributed by atoms with E-state index in [-0.39, 0.29) is 30.9 Å². The van der Waals surface area contributed by atoms with Gasteiger partial charge in [0.2, 0.25) is 5.91 Å². The van der Waals surface area contributed by atoms with Gasteiger partial charge in [0.05, 0.1) is 18.0 Å². The van der Waals surface area contributed by atoms with Crippen molar-refractivity contribution in [1.82, 2.24) is 15.5 Å². The zero-order chi connectivity index (χ0) is 31.4. The lowest BCUT2D eigenvalue weighted by Gasteiger charge is -2.34. The molecule has 2 aliphatic rings. The van der Waals surface area contributed by atoms with Crippen molar-refractivity contribution in [3.63, 3.8) is 0 Å². The monoisotopic (exact) mass is 615 g/mol. The number of ether oxygens (including phenoxy) is 1. The maximum Gasteiger partial charge on any atom is 0.258 e. The van der Waals surface area contributed by atoms with E-state index in [1.54, 1.807) is 0 Å². The summed E-state index contributed by atoms with van der Waals surface area (Å²) in [7, 11) is 0. The molecular weight excluding hydrogens is 574 g/mol. The highest BCUT2D eigenvalue weighted by Crippen LogP contribution is 2.41. The van der Waals surface area contributed by atoms with Crippen molar-refractivity contribution in [2.45, 2.75) is 75.9 Å². The maximum atomic E-state index is 14.0. The molecule has 1 unspecified atom stereocenters. The normalized spacial score (nSPS) is 20.0. The molecule has 0 spiro atoms. The summed E-state index contributed by atoms with van der Waals surface area (Å²) in [6, 6.07) is 21.4. The van der Waals surface area contributed by atoms with Gasteiger partial charge in [-0.3, -0.25) is 14.4 Å². The van der Waals surface area contributed by atoms with Gasteiger partial charge in [-0.2, -0.15) is 0 Å². The van der Waals surface area contributed by atoms with E-state index in [0.717, 1.165) is 35.1 Å². The van der Waals surface area contributed by atoms with E-state index in [2.05, 4.69) is 16.7 Å². The van der Waals surface area contributed by atoms with Crippen LogP contribution in [0.1, 0.15) is 54.1 Å². The third kappa shape index (κ3) is 6.94. The van der Waals surface area contributed by atoms with Crippen molar-refractivity contribution < 1.29 is 24.2 Å². The van der Waals surface area contributed by atoms with Crippen LogP contribution in [0.4, 0.5) is 0 Å². The van der Waals surface area contributed by atoms with Gasteiger partial charge >= 0.3 is 0 Å². The number of nitrogens with zero attached hydrogens (tertiary/aromatic N) is 1. The summed E-state index contributed by atoms with van der Waals surface area (Å²) in [6.45, 7) is 7.44. The van der Waals surface area contributed by atoms with Crippen LogP contribution in [0.2, 0.25) is 0 Å². The van der Waals surface area contributed by atoms with Gasteiger partial charge in [0.1, 0.15) is 11.8 Å². The molecule has 1 fully saturated rings. The lowest BCUT2D eigenvalue weighted by atomic mass is 9.96. The number of nitrogens with one attached hydrogen (secondary N) is 2. The van der Waals surface area contributed by atoms with Crippen LogP contribution in [0, 0.1) is 13.8 Å². The third-order valence-corrected chi connectivity index (χ3v) is 9.94. The van der Waals surface area contributed by atoms with Crippen molar-refractivity contribution in [3.8, 4) is 5.75 Å². The molecule has 3 N–H and O–H groups in total. The summed E-state index contributed by atoms with van der Waals surface area (Å²) in [5.41, 5.74) is 5.01. The summed E-state index contributed by atoms with van der Waals surface area (Å²) in [4.78, 5) is 42.3. The summed E-state index contributed by atoms with van der Waals surface area (Å²) < 4.78 is 5.26. The Morgan fingerprint density at radius 2 is 1.68 bits per heavy atom. The number of rotatable bonds is 10. The minimum atomic E-state index is -1.57. The largest absolute Gasteiger partial charge is 0.483 e. The first kappa shape index (κ1) is 31.6. The number of aliphatic hydroxyl groups is 1. The van der Waals surface area contributed by atoms with E-state index >= 15 is 0 Å². The molecule has 3 aromatic rings. The van der Waals surface area contributed by atoms with Gasteiger partial charge in [-0.15, -0.1) is 11.8 Å². The van der Waals surface area contributed by atoms with Crippen LogP contribution in [0.3, 0.4) is 0 Å². The van der Waals surface area contributed by atoms with Gasteiger partial charge in [-0.1, -0.05) is 72.8 Å². The lowest BCUT2D eigenvalue weighted by Crippen LogP contribution is -2.59. The Morgan fingerprint density at radius 3 is 2.41 bits per heavy atom. The maximum absolute atomic E-state index is 14.0. The molecule has 3 aromatic carbocycles. The standard InChI is InChI=1S/C35H41N3O5S/c1-22-11-10-12-23(2)31(22)43-20-29(39)36-28(19-24-13-6-5-7-14-24)30(40)34(42)38-21-44-35(3,4)32(38)33(41)37-27-18-17-25-15-8-9-16-26(25)27/h5-16,27-28,30,32,40H,17-21H2,1-4H3,(H,36,39)(H,37,41)/t27?,28-,30-,32+/m0/s1. The second kappa shape index (κ2) is 13.4. The number of aryl methyl sites for hydroxylation is 3. The number of benzene rings is 3. The molecule has 5 rings (SSSR count). The molecule has 0 radical (unpaired) electrons. The molecule has 0 aromatic heterocycles. The van der Waals surface area contributed by atoms with Crippen molar-refractivity contribution in [2.24, 2.45) is 0 Å². The zero-order valence-corrected chi connectivity index (χ0v) is 26.5. The molecule has 1 heterocycles. The summed E-state index contributed by atoms with van der Waals surface area (Å²) in [5.74, 6) is -0.399. The molecule has 1 aliphatic heterocycles. The van der Waals surface area contributed by atoms with Crippen molar-refractivity contribution in [2.75, 3.05) is 12.5 Å². The quantitative estimate of drug-likeness (QED) is 0.315. The predicted octanol–water partition coefficient (Wildman–Crippen LogP) is 4.25. The Balaban J connectivity index is 1.31. The molecule has 3 amide bonds. The number of carbonyl (C=O) groups is 3. The topological polar surface area (TPSA) is 108 Å². The zero-order valence-electron chi connectivity index (χ0n) is 25.7. The number of hydrogen-bond donors (Lipinski definition) is 3. The SMILES string of the molecule is Cc1cccc(C)c1OCC(=O)N[C@@H](Cc1ccccc1)[C@H](O)C(=O)N1CSC(C)(C)[C@H]1C(=O)NC1CCc2ccccc21. The fourth-order valence-electron chi connectivity index (χ4n) is 6.24. The Hall–Kier alpha value is -3.82. The average Bonchev–Trinajstić information content (AvgIpc) is 3.55. The van der Waals surface area contributed by atoms with Crippen molar-refractivity contribution in [3.05, 3.63) is 101 Å². The molecule has 232 valence electrons.